The van der Waals surface area contributed by atoms with Gasteiger partial charge >= 0.3 is 0 Å². The zero-order valence-corrected chi connectivity index (χ0v) is 13.1. The van der Waals surface area contributed by atoms with Gasteiger partial charge in [-0.15, -0.1) is 11.3 Å². The summed E-state index contributed by atoms with van der Waals surface area (Å²) in [5, 5.41) is 9.90. The van der Waals surface area contributed by atoms with E-state index in [0.29, 0.717) is 6.42 Å². The smallest absolute Gasteiger partial charge is 0.224 e. The average molecular weight is 311 g/mol. The molecule has 22 heavy (non-hydrogen) atoms. The maximum Gasteiger partial charge on any atom is 0.224 e. The molecule has 1 aromatic carbocycles. The van der Waals surface area contributed by atoms with Crippen LogP contribution in [0.25, 0.3) is 10.6 Å². The van der Waals surface area contributed by atoms with Crippen molar-refractivity contribution in [3.8, 4) is 10.6 Å². The van der Waals surface area contributed by atoms with Crippen molar-refractivity contribution >= 4 is 22.9 Å². The molecule has 0 unspecified atom stereocenters. The quantitative estimate of drug-likeness (QED) is 0.747. The van der Waals surface area contributed by atoms with Crippen molar-refractivity contribution in [3.63, 3.8) is 0 Å². The van der Waals surface area contributed by atoms with Crippen molar-refractivity contribution in [2.45, 2.75) is 19.8 Å². The molecule has 112 valence electrons. The van der Waals surface area contributed by atoms with E-state index in [9.17, 15) is 4.79 Å². The van der Waals surface area contributed by atoms with Crippen LogP contribution in [0.4, 0.5) is 5.69 Å². The molecule has 2 N–H and O–H groups in total. The number of carbonyl (C=O) groups excluding carboxylic acids is 1. The van der Waals surface area contributed by atoms with Crippen molar-refractivity contribution < 1.29 is 4.79 Å². The molecular formula is C17H17N3OS. The highest BCUT2D eigenvalue weighted by Crippen LogP contribution is 2.33. The number of thiophene rings is 1. The van der Waals surface area contributed by atoms with Crippen molar-refractivity contribution in [2.75, 3.05) is 5.32 Å². The summed E-state index contributed by atoms with van der Waals surface area (Å²) in [6, 6.07) is 14.0. The molecule has 0 saturated heterocycles. The first-order valence-corrected chi connectivity index (χ1v) is 7.98. The number of aryl methyl sites for hydroxylation is 2. The Kier molecular flexibility index (Phi) is 4.34. The van der Waals surface area contributed by atoms with Crippen LogP contribution < -0.4 is 5.32 Å². The lowest BCUT2D eigenvalue weighted by Crippen LogP contribution is -2.12. The van der Waals surface area contributed by atoms with Crippen LogP contribution in [0, 0.1) is 6.92 Å². The molecular weight excluding hydrogens is 294 g/mol. The molecule has 4 nitrogen and oxygen atoms in total. The van der Waals surface area contributed by atoms with E-state index in [1.165, 1.54) is 5.56 Å². The van der Waals surface area contributed by atoms with Crippen molar-refractivity contribution in [1.29, 1.82) is 0 Å². The first-order valence-electron chi connectivity index (χ1n) is 7.16. The second-order valence-corrected chi connectivity index (χ2v) is 6.34. The van der Waals surface area contributed by atoms with Crippen LogP contribution in [-0.4, -0.2) is 16.1 Å². The summed E-state index contributed by atoms with van der Waals surface area (Å²) in [7, 11) is 0. The predicted molar refractivity (Wildman–Crippen MR) is 90.0 cm³/mol. The third-order valence-electron chi connectivity index (χ3n) is 3.44. The molecule has 0 atom stereocenters. The molecule has 0 aliphatic carbocycles. The number of H-pyrrole nitrogens is 1. The second kappa shape index (κ2) is 6.58. The highest BCUT2D eigenvalue weighted by atomic mass is 32.1. The Morgan fingerprint density at radius 3 is 2.82 bits per heavy atom. The molecule has 2 aromatic heterocycles. The van der Waals surface area contributed by atoms with Gasteiger partial charge in [-0.05, 0) is 31.0 Å². The summed E-state index contributed by atoms with van der Waals surface area (Å²) in [6.07, 6.45) is 2.96. The van der Waals surface area contributed by atoms with E-state index in [1.54, 1.807) is 17.5 Å². The lowest BCUT2D eigenvalue weighted by molar-refractivity contribution is -0.116. The Bertz CT molecular complexity index is 748. The lowest BCUT2D eigenvalue weighted by Gasteiger charge is -2.04. The van der Waals surface area contributed by atoms with Crippen LogP contribution in [0.1, 0.15) is 16.9 Å². The number of nitrogens with one attached hydrogen (secondary N) is 2. The highest BCUT2D eigenvalue weighted by molar-refractivity contribution is 7.16. The van der Waals surface area contributed by atoms with Crippen molar-refractivity contribution in [3.05, 3.63) is 59.1 Å². The third-order valence-corrected chi connectivity index (χ3v) is 4.53. The van der Waals surface area contributed by atoms with Gasteiger partial charge < -0.3 is 5.32 Å². The van der Waals surface area contributed by atoms with E-state index in [2.05, 4.69) is 15.5 Å². The number of hydrogen-bond acceptors (Lipinski definition) is 3. The maximum absolute atomic E-state index is 12.1. The van der Waals surface area contributed by atoms with Crippen LogP contribution >= 0.6 is 11.3 Å². The molecule has 2 heterocycles. The zero-order valence-electron chi connectivity index (χ0n) is 12.3. The van der Waals surface area contributed by atoms with Gasteiger partial charge in [0.2, 0.25) is 5.91 Å². The molecule has 3 aromatic rings. The number of anilines is 1. The lowest BCUT2D eigenvalue weighted by atomic mass is 10.1. The molecule has 0 spiro atoms. The molecule has 0 aliphatic rings. The van der Waals surface area contributed by atoms with E-state index < -0.39 is 0 Å². The van der Waals surface area contributed by atoms with Gasteiger partial charge in [0, 0.05) is 17.5 Å². The SMILES string of the molecule is Cc1sc(-c2ccn[nH]2)cc1NC(=O)CCc1ccccc1. The van der Waals surface area contributed by atoms with E-state index in [4.69, 9.17) is 0 Å². The fourth-order valence-electron chi connectivity index (χ4n) is 2.25. The monoisotopic (exact) mass is 311 g/mol. The fourth-order valence-corrected chi connectivity index (χ4v) is 3.20. The fraction of sp³-hybridized carbons (Fsp3) is 0.176. The van der Waals surface area contributed by atoms with Gasteiger partial charge in [0.25, 0.3) is 0 Å². The summed E-state index contributed by atoms with van der Waals surface area (Å²) >= 11 is 1.64. The number of nitrogens with zero attached hydrogens (tertiary/aromatic N) is 1. The standard InChI is InChI=1S/C17H17N3OS/c1-12-15(11-16(22-12)14-9-10-18-20-14)19-17(21)8-7-13-5-3-2-4-6-13/h2-6,9-11H,7-8H2,1H3,(H,18,20)(H,19,21). The van der Waals surface area contributed by atoms with Gasteiger partial charge in [0.1, 0.15) is 0 Å². The molecule has 5 heteroatoms. The van der Waals surface area contributed by atoms with E-state index in [1.807, 2.05) is 49.4 Å². The number of rotatable bonds is 5. The average Bonchev–Trinajstić information content (AvgIpc) is 3.17. The van der Waals surface area contributed by atoms with Gasteiger partial charge in [-0.25, -0.2) is 0 Å². The summed E-state index contributed by atoms with van der Waals surface area (Å²) in [5.74, 6) is 0.0425. The van der Waals surface area contributed by atoms with Gasteiger partial charge in [-0.2, -0.15) is 5.10 Å². The first kappa shape index (κ1) is 14.5. The van der Waals surface area contributed by atoms with Crippen LogP contribution in [0.3, 0.4) is 0 Å². The number of aromatic amines is 1. The van der Waals surface area contributed by atoms with Crippen LogP contribution in [-0.2, 0) is 11.2 Å². The van der Waals surface area contributed by atoms with E-state index in [-0.39, 0.29) is 5.91 Å². The number of aromatic nitrogens is 2. The van der Waals surface area contributed by atoms with Crippen molar-refractivity contribution in [2.24, 2.45) is 0 Å². The third kappa shape index (κ3) is 3.43. The summed E-state index contributed by atoms with van der Waals surface area (Å²) in [6.45, 7) is 2.01. The number of carbonyl (C=O) groups is 1. The van der Waals surface area contributed by atoms with Crippen LogP contribution in [0.5, 0.6) is 0 Å². The molecule has 0 saturated carbocycles. The Morgan fingerprint density at radius 1 is 1.27 bits per heavy atom. The predicted octanol–water partition coefficient (Wildman–Crippen LogP) is 4.02. The summed E-state index contributed by atoms with van der Waals surface area (Å²) < 4.78 is 0. The topological polar surface area (TPSA) is 57.8 Å². The summed E-state index contributed by atoms with van der Waals surface area (Å²) in [4.78, 5) is 14.3. The molecule has 0 radical (unpaired) electrons. The zero-order chi connectivity index (χ0) is 15.4. The molecule has 0 aliphatic heterocycles. The van der Waals surface area contributed by atoms with E-state index >= 15 is 0 Å². The Labute approximate surface area is 133 Å². The van der Waals surface area contributed by atoms with Gasteiger partial charge in [-0.3, -0.25) is 9.89 Å². The van der Waals surface area contributed by atoms with Gasteiger partial charge in [-0.1, -0.05) is 30.3 Å². The Hall–Kier alpha value is -2.40. The number of amides is 1. The molecule has 3 rings (SSSR count). The largest absolute Gasteiger partial charge is 0.325 e. The Balaban J connectivity index is 1.62. The minimum atomic E-state index is 0.0425. The van der Waals surface area contributed by atoms with Crippen LogP contribution in [0.2, 0.25) is 0 Å². The van der Waals surface area contributed by atoms with Crippen molar-refractivity contribution in [1.82, 2.24) is 10.2 Å². The van der Waals surface area contributed by atoms with E-state index in [0.717, 1.165) is 27.6 Å². The van der Waals surface area contributed by atoms with Crippen LogP contribution in [0.15, 0.2) is 48.7 Å². The Morgan fingerprint density at radius 2 is 2.09 bits per heavy atom. The molecule has 0 bridgehead atoms. The normalized spacial score (nSPS) is 10.6. The minimum Gasteiger partial charge on any atom is -0.325 e. The number of benzene rings is 1. The first-order chi connectivity index (χ1) is 10.7. The highest BCUT2D eigenvalue weighted by Gasteiger charge is 2.11. The summed E-state index contributed by atoms with van der Waals surface area (Å²) in [5.41, 5.74) is 3.03. The maximum atomic E-state index is 12.1. The molecule has 1 amide bonds. The van der Waals surface area contributed by atoms with Gasteiger partial charge in [0.15, 0.2) is 0 Å². The molecule has 0 fully saturated rings. The second-order valence-electron chi connectivity index (χ2n) is 5.08. The minimum absolute atomic E-state index is 0.0425. The van der Waals surface area contributed by atoms with Gasteiger partial charge in [0.05, 0.1) is 16.3 Å². The number of hydrogen-bond donors (Lipinski definition) is 2.